The van der Waals surface area contributed by atoms with Gasteiger partial charge in [0.25, 0.3) is 0 Å². The Morgan fingerprint density at radius 2 is 2.11 bits per heavy atom. The molecule has 0 unspecified atom stereocenters. The summed E-state index contributed by atoms with van der Waals surface area (Å²) in [7, 11) is 1.81. The highest BCUT2D eigenvalue weighted by Crippen LogP contribution is 2.23. The van der Waals surface area contributed by atoms with Gasteiger partial charge in [0, 0.05) is 30.1 Å². The van der Waals surface area contributed by atoms with Gasteiger partial charge in [0.1, 0.15) is 5.82 Å². The molecule has 4 nitrogen and oxygen atoms in total. The number of nitrogens with one attached hydrogen (secondary N) is 1. The first-order valence-electron chi connectivity index (χ1n) is 5.70. The summed E-state index contributed by atoms with van der Waals surface area (Å²) in [6, 6.07) is 2.95. The van der Waals surface area contributed by atoms with E-state index in [4.69, 9.17) is 4.74 Å². The Bertz CT molecular complexity index is 590. The van der Waals surface area contributed by atoms with Crippen molar-refractivity contribution in [2.45, 2.75) is 13.5 Å². The normalized spacial score (nSPS) is 10.5. The highest BCUT2D eigenvalue weighted by molar-refractivity contribution is 5.28. The second kappa shape index (κ2) is 5.71. The number of rotatable bonds is 4. The second-order valence-electron chi connectivity index (χ2n) is 3.97. The van der Waals surface area contributed by atoms with Crippen molar-refractivity contribution in [3.8, 4) is 11.8 Å². The van der Waals surface area contributed by atoms with Gasteiger partial charge in [0.15, 0.2) is 11.6 Å². The predicted molar refractivity (Wildman–Crippen MR) is 66.0 cm³/mol. The van der Waals surface area contributed by atoms with Gasteiger partial charge in [0.2, 0.25) is 0 Å². The Kier molecular flexibility index (Phi) is 4.01. The lowest BCUT2D eigenvalue weighted by atomic mass is 10.2. The van der Waals surface area contributed by atoms with E-state index in [1.54, 1.807) is 13.1 Å². The Morgan fingerprint density at radius 1 is 1.32 bits per heavy atom. The zero-order chi connectivity index (χ0) is 13.8. The Hall–Kier alpha value is -2.08. The Balaban J connectivity index is 2.24. The summed E-state index contributed by atoms with van der Waals surface area (Å²) in [5, 5.41) is 2.98. The van der Waals surface area contributed by atoms with E-state index < -0.39 is 11.6 Å². The molecule has 0 aliphatic heterocycles. The molecule has 0 aliphatic carbocycles. The number of aryl methyl sites for hydroxylation is 1. The molecule has 0 fully saturated rings. The minimum Gasteiger partial charge on any atom is -0.421 e. The van der Waals surface area contributed by atoms with Gasteiger partial charge in [-0.15, -0.1) is 0 Å². The molecule has 0 spiro atoms. The fraction of sp³-hybridized carbons (Fsp3) is 0.231. The van der Waals surface area contributed by atoms with Crippen molar-refractivity contribution < 1.29 is 13.5 Å². The Labute approximate surface area is 109 Å². The van der Waals surface area contributed by atoms with E-state index in [9.17, 15) is 8.78 Å². The van der Waals surface area contributed by atoms with Crippen LogP contribution in [0.1, 0.15) is 11.3 Å². The third-order valence-corrected chi connectivity index (χ3v) is 2.52. The molecule has 0 aliphatic rings. The van der Waals surface area contributed by atoms with Crippen LogP contribution in [-0.4, -0.2) is 17.0 Å². The summed E-state index contributed by atoms with van der Waals surface area (Å²) in [4.78, 5) is 8.06. The zero-order valence-electron chi connectivity index (χ0n) is 10.6. The van der Waals surface area contributed by atoms with Gasteiger partial charge in [-0.2, -0.15) is 4.98 Å². The van der Waals surface area contributed by atoms with Crippen LogP contribution in [0.15, 0.2) is 24.4 Å². The van der Waals surface area contributed by atoms with Crippen LogP contribution >= 0.6 is 0 Å². The molecule has 1 aromatic heterocycles. The van der Waals surface area contributed by atoms with Gasteiger partial charge in [-0.1, -0.05) is 0 Å². The summed E-state index contributed by atoms with van der Waals surface area (Å²) in [6.07, 6.45) is 1.59. The number of halogens is 2. The van der Waals surface area contributed by atoms with E-state index in [0.717, 1.165) is 29.5 Å². The maximum Gasteiger partial charge on any atom is 0.322 e. The highest BCUT2D eigenvalue weighted by Gasteiger charge is 2.09. The molecular weight excluding hydrogens is 252 g/mol. The van der Waals surface area contributed by atoms with Crippen LogP contribution in [0.3, 0.4) is 0 Å². The van der Waals surface area contributed by atoms with Crippen molar-refractivity contribution in [3.05, 3.63) is 47.3 Å². The van der Waals surface area contributed by atoms with Crippen molar-refractivity contribution in [1.82, 2.24) is 15.3 Å². The van der Waals surface area contributed by atoms with Crippen LogP contribution in [-0.2, 0) is 6.54 Å². The summed E-state index contributed by atoms with van der Waals surface area (Å²) < 4.78 is 31.5. The van der Waals surface area contributed by atoms with Crippen molar-refractivity contribution in [2.24, 2.45) is 0 Å². The number of benzene rings is 1. The zero-order valence-corrected chi connectivity index (χ0v) is 10.6. The number of aromatic nitrogens is 2. The lowest BCUT2D eigenvalue weighted by Gasteiger charge is -2.08. The largest absolute Gasteiger partial charge is 0.421 e. The average molecular weight is 265 g/mol. The number of nitrogens with zero attached hydrogens (tertiary/aromatic N) is 2. The fourth-order valence-corrected chi connectivity index (χ4v) is 1.54. The summed E-state index contributed by atoms with van der Waals surface area (Å²) in [5.41, 5.74) is 1.63. The van der Waals surface area contributed by atoms with Gasteiger partial charge >= 0.3 is 6.01 Å². The quantitative estimate of drug-likeness (QED) is 0.923. The molecular formula is C13H13F2N3O. The van der Waals surface area contributed by atoms with Crippen LogP contribution in [0.5, 0.6) is 11.8 Å². The maximum absolute atomic E-state index is 13.4. The van der Waals surface area contributed by atoms with E-state index in [1.165, 1.54) is 0 Å². The fourth-order valence-electron chi connectivity index (χ4n) is 1.54. The lowest BCUT2D eigenvalue weighted by molar-refractivity contribution is 0.405. The number of hydrogen-bond acceptors (Lipinski definition) is 4. The number of ether oxygens (including phenoxy) is 1. The number of hydrogen-bond donors (Lipinski definition) is 1. The molecule has 2 rings (SSSR count). The van der Waals surface area contributed by atoms with Gasteiger partial charge in [0.05, 0.1) is 0 Å². The first kappa shape index (κ1) is 13.4. The first-order valence-corrected chi connectivity index (χ1v) is 5.70. The molecule has 1 N–H and O–H groups in total. The van der Waals surface area contributed by atoms with Gasteiger partial charge in [-0.05, 0) is 26.1 Å². The van der Waals surface area contributed by atoms with E-state index in [2.05, 4.69) is 15.3 Å². The van der Waals surface area contributed by atoms with Crippen molar-refractivity contribution in [2.75, 3.05) is 7.05 Å². The van der Waals surface area contributed by atoms with Crippen molar-refractivity contribution in [1.29, 1.82) is 0 Å². The molecule has 0 atom stereocenters. The van der Waals surface area contributed by atoms with E-state index >= 15 is 0 Å². The molecule has 2 aromatic rings. The van der Waals surface area contributed by atoms with Crippen LogP contribution < -0.4 is 10.1 Å². The smallest absolute Gasteiger partial charge is 0.322 e. The highest BCUT2D eigenvalue weighted by atomic mass is 19.1. The topological polar surface area (TPSA) is 47.0 Å². The second-order valence-corrected chi connectivity index (χ2v) is 3.97. The van der Waals surface area contributed by atoms with Crippen LogP contribution in [0.4, 0.5) is 8.78 Å². The molecule has 19 heavy (non-hydrogen) atoms. The standard InChI is InChI=1S/C13H13F2N3O/c1-8-9(6-16-2)7-17-13(18-8)19-12-5-10(14)3-4-11(12)15/h3-5,7,16H,6H2,1-2H3. The maximum atomic E-state index is 13.4. The predicted octanol–water partition coefficient (Wildman–Crippen LogP) is 2.57. The molecule has 1 heterocycles. The van der Waals surface area contributed by atoms with E-state index in [-0.39, 0.29) is 11.8 Å². The third-order valence-electron chi connectivity index (χ3n) is 2.52. The van der Waals surface area contributed by atoms with Gasteiger partial charge in [-0.3, -0.25) is 0 Å². The summed E-state index contributed by atoms with van der Waals surface area (Å²) >= 11 is 0. The molecule has 0 saturated heterocycles. The average Bonchev–Trinajstić information content (AvgIpc) is 2.37. The first-order chi connectivity index (χ1) is 9.10. The summed E-state index contributed by atoms with van der Waals surface area (Å²) in [6.45, 7) is 2.42. The summed E-state index contributed by atoms with van der Waals surface area (Å²) in [5.74, 6) is -1.48. The van der Waals surface area contributed by atoms with Gasteiger partial charge in [-0.25, -0.2) is 13.8 Å². The van der Waals surface area contributed by atoms with Crippen LogP contribution in [0.2, 0.25) is 0 Å². The third kappa shape index (κ3) is 3.23. The molecule has 0 radical (unpaired) electrons. The van der Waals surface area contributed by atoms with Crippen molar-refractivity contribution in [3.63, 3.8) is 0 Å². The molecule has 0 bridgehead atoms. The van der Waals surface area contributed by atoms with Crippen LogP contribution in [0.25, 0.3) is 0 Å². The Morgan fingerprint density at radius 3 is 2.79 bits per heavy atom. The lowest BCUT2D eigenvalue weighted by Crippen LogP contribution is -2.08. The molecule has 6 heteroatoms. The minimum absolute atomic E-state index is 0.0122. The monoisotopic (exact) mass is 265 g/mol. The molecule has 0 amide bonds. The van der Waals surface area contributed by atoms with Crippen LogP contribution in [0, 0.1) is 18.6 Å². The molecule has 0 saturated carbocycles. The van der Waals surface area contributed by atoms with Gasteiger partial charge < -0.3 is 10.1 Å². The molecule has 100 valence electrons. The minimum atomic E-state index is -0.665. The SMILES string of the molecule is CNCc1cnc(Oc2cc(F)ccc2F)nc1C. The molecule has 1 aromatic carbocycles. The van der Waals surface area contributed by atoms with E-state index in [1.807, 2.05) is 7.05 Å². The van der Waals surface area contributed by atoms with Crippen molar-refractivity contribution >= 4 is 0 Å². The van der Waals surface area contributed by atoms with E-state index in [0.29, 0.717) is 6.54 Å².